The van der Waals surface area contributed by atoms with Gasteiger partial charge in [-0.05, 0) is 11.4 Å². The number of aryl methyl sites for hydroxylation is 1. The Kier molecular flexibility index (Phi) is 5.56. The summed E-state index contributed by atoms with van der Waals surface area (Å²) < 4.78 is 1.05. The molecule has 0 atom stereocenters. The van der Waals surface area contributed by atoms with Gasteiger partial charge < -0.3 is 20.6 Å². The summed E-state index contributed by atoms with van der Waals surface area (Å²) in [7, 11) is 4.58. The summed E-state index contributed by atoms with van der Waals surface area (Å²) in [5, 5.41) is 22.1. The summed E-state index contributed by atoms with van der Waals surface area (Å²) >= 11 is 2.56. The molecule has 148 valence electrons. The second kappa shape index (κ2) is 7.90. The quantitative estimate of drug-likeness (QED) is 0.483. The van der Waals surface area contributed by atoms with Gasteiger partial charge in [0, 0.05) is 37.9 Å². The molecule has 0 bridgehead atoms. The van der Waals surface area contributed by atoms with Crippen LogP contribution in [0.1, 0.15) is 14.5 Å². The molecule has 28 heavy (non-hydrogen) atoms. The van der Waals surface area contributed by atoms with Gasteiger partial charge in [0.15, 0.2) is 5.75 Å². The molecule has 11 heteroatoms. The van der Waals surface area contributed by atoms with Crippen molar-refractivity contribution in [2.24, 2.45) is 7.05 Å². The lowest BCUT2D eigenvalue weighted by Gasteiger charge is -2.13. The average molecular weight is 422 g/mol. The Morgan fingerprint density at radius 2 is 2.04 bits per heavy atom. The third kappa shape index (κ3) is 3.80. The standard InChI is InChI=1S/C17H19N5O4S2/c1-21(2)17(26)14-13(23)10(8-28-14)19-12-11(15(24)20-22(3)16(12)25)18-7-9-5-4-6-27-9/h4-6,8,18-19,23H,7H2,1-3H3,(H,20,24). The summed E-state index contributed by atoms with van der Waals surface area (Å²) in [6, 6.07) is 3.80. The van der Waals surface area contributed by atoms with Gasteiger partial charge in [-0.2, -0.15) is 0 Å². The van der Waals surface area contributed by atoms with Gasteiger partial charge in [0.1, 0.15) is 16.3 Å². The molecule has 3 aromatic rings. The van der Waals surface area contributed by atoms with E-state index < -0.39 is 11.1 Å². The van der Waals surface area contributed by atoms with E-state index in [1.54, 1.807) is 14.1 Å². The van der Waals surface area contributed by atoms with Crippen molar-refractivity contribution in [1.29, 1.82) is 0 Å². The Morgan fingerprint density at radius 3 is 2.68 bits per heavy atom. The van der Waals surface area contributed by atoms with Crippen molar-refractivity contribution in [1.82, 2.24) is 14.7 Å². The van der Waals surface area contributed by atoms with Crippen molar-refractivity contribution in [2.45, 2.75) is 6.54 Å². The van der Waals surface area contributed by atoms with E-state index in [0.717, 1.165) is 20.9 Å². The summed E-state index contributed by atoms with van der Waals surface area (Å²) in [6.07, 6.45) is 0. The van der Waals surface area contributed by atoms with Crippen molar-refractivity contribution in [3.05, 3.63) is 53.4 Å². The molecule has 0 saturated carbocycles. The predicted molar refractivity (Wildman–Crippen MR) is 111 cm³/mol. The third-order valence-corrected chi connectivity index (χ3v) is 5.74. The van der Waals surface area contributed by atoms with Gasteiger partial charge in [-0.25, -0.2) is 0 Å². The minimum absolute atomic E-state index is 0.0141. The molecule has 9 nitrogen and oxygen atoms in total. The smallest absolute Gasteiger partial charge is 0.290 e. The molecule has 0 saturated heterocycles. The van der Waals surface area contributed by atoms with Crippen molar-refractivity contribution < 1.29 is 9.90 Å². The van der Waals surface area contributed by atoms with Gasteiger partial charge in [0.2, 0.25) is 0 Å². The normalized spacial score (nSPS) is 10.7. The van der Waals surface area contributed by atoms with Crippen LogP contribution in [0.25, 0.3) is 0 Å². The first-order valence-corrected chi connectivity index (χ1v) is 9.94. The topological polar surface area (TPSA) is 119 Å². The van der Waals surface area contributed by atoms with Crippen LogP contribution in [-0.2, 0) is 13.6 Å². The number of anilines is 3. The molecular formula is C17H19N5O4S2. The number of hydrogen-bond acceptors (Lipinski definition) is 8. The van der Waals surface area contributed by atoms with E-state index in [4.69, 9.17) is 0 Å². The number of rotatable bonds is 6. The highest BCUT2D eigenvalue weighted by atomic mass is 32.1. The predicted octanol–water partition coefficient (Wildman–Crippen LogP) is 1.96. The molecule has 0 aliphatic carbocycles. The molecule has 3 rings (SSSR count). The number of nitrogens with zero attached hydrogens (tertiary/aromatic N) is 2. The number of thiophene rings is 2. The lowest BCUT2D eigenvalue weighted by atomic mass is 10.3. The fraction of sp³-hybridized carbons (Fsp3) is 0.235. The van der Waals surface area contributed by atoms with E-state index in [-0.39, 0.29) is 33.6 Å². The van der Waals surface area contributed by atoms with Crippen LogP contribution in [0.4, 0.5) is 17.1 Å². The van der Waals surface area contributed by atoms with Gasteiger partial charge in [-0.15, -0.1) is 22.7 Å². The zero-order valence-corrected chi connectivity index (χ0v) is 17.0. The van der Waals surface area contributed by atoms with Gasteiger partial charge in [-0.3, -0.25) is 24.2 Å². The number of nitrogens with one attached hydrogen (secondary N) is 3. The van der Waals surface area contributed by atoms with E-state index in [2.05, 4.69) is 15.7 Å². The number of hydrogen-bond donors (Lipinski definition) is 4. The van der Waals surface area contributed by atoms with E-state index in [9.17, 15) is 19.5 Å². The molecular weight excluding hydrogens is 402 g/mol. The Bertz CT molecular complexity index is 1110. The van der Waals surface area contributed by atoms with Crippen LogP contribution in [0.2, 0.25) is 0 Å². The van der Waals surface area contributed by atoms with Gasteiger partial charge in [0.05, 0.1) is 5.69 Å². The first kappa shape index (κ1) is 19.7. The number of aromatic hydroxyl groups is 1. The van der Waals surface area contributed by atoms with E-state index in [1.165, 1.54) is 28.7 Å². The number of H-pyrrole nitrogens is 1. The Labute approximate surface area is 167 Å². The highest BCUT2D eigenvalue weighted by Gasteiger charge is 2.22. The van der Waals surface area contributed by atoms with Crippen molar-refractivity contribution in [3.8, 4) is 5.75 Å². The fourth-order valence-electron chi connectivity index (χ4n) is 2.45. The Hall–Kier alpha value is -3.05. The van der Waals surface area contributed by atoms with Crippen LogP contribution in [-0.4, -0.2) is 39.8 Å². The van der Waals surface area contributed by atoms with Crippen LogP contribution < -0.4 is 21.8 Å². The highest BCUT2D eigenvalue weighted by Crippen LogP contribution is 2.36. The summed E-state index contributed by atoms with van der Waals surface area (Å²) in [5.41, 5.74) is -0.751. The molecule has 3 aromatic heterocycles. The molecule has 0 aliphatic heterocycles. The summed E-state index contributed by atoms with van der Waals surface area (Å²) in [6.45, 7) is 0.364. The minimum atomic E-state index is -0.487. The molecule has 0 spiro atoms. The second-order valence-corrected chi connectivity index (χ2v) is 8.05. The minimum Gasteiger partial charge on any atom is -0.504 e. The Morgan fingerprint density at radius 1 is 1.29 bits per heavy atom. The zero-order valence-electron chi connectivity index (χ0n) is 15.4. The second-order valence-electron chi connectivity index (χ2n) is 6.14. The lowest BCUT2D eigenvalue weighted by Crippen LogP contribution is -2.31. The molecule has 3 heterocycles. The lowest BCUT2D eigenvalue weighted by molar-refractivity contribution is 0.0829. The molecule has 0 fully saturated rings. The molecule has 0 unspecified atom stereocenters. The SMILES string of the molecule is CN(C)C(=O)c1scc(Nc2c(NCc3cccs3)c(=O)[nH]n(C)c2=O)c1O. The van der Waals surface area contributed by atoms with Crippen LogP contribution >= 0.6 is 22.7 Å². The molecule has 0 aliphatic rings. The van der Waals surface area contributed by atoms with E-state index in [1.807, 2.05) is 17.5 Å². The van der Waals surface area contributed by atoms with Gasteiger partial charge in [-0.1, -0.05) is 6.07 Å². The summed E-state index contributed by atoms with van der Waals surface area (Å²) in [5.74, 6) is -0.624. The maximum Gasteiger partial charge on any atom is 0.290 e. The average Bonchev–Trinajstić information content (AvgIpc) is 3.28. The maximum absolute atomic E-state index is 12.6. The molecule has 0 radical (unpaired) electrons. The Balaban J connectivity index is 1.98. The number of aromatic amines is 1. The van der Waals surface area contributed by atoms with Gasteiger partial charge >= 0.3 is 0 Å². The molecule has 4 N–H and O–H groups in total. The van der Waals surface area contributed by atoms with Crippen LogP contribution in [0.5, 0.6) is 5.75 Å². The van der Waals surface area contributed by atoms with Crippen molar-refractivity contribution in [3.63, 3.8) is 0 Å². The largest absolute Gasteiger partial charge is 0.504 e. The first-order chi connectivity index (χ1) is 13.3. The first-order valence-electron chi connectivity index (χ1n) is 8.18. The fourth-order valence-corrected chi connectivity index (χ4v) is 4.01. The summed E-state index contributed by atoms with van der Waals surface area (Å²) in [4.78, 5) is 39.6. The molecule has 1 amide bonds. The number of carbonyl (C=O) groups excluding carboxylic acids is 1. The maximum atomic E-state index is 12.6. The van der Waals surface area contributed by atoms with Gasteiger partial charge in [0.25, 0.3) is 17.0 Å². The third-order valence-electron chi connectivity index (χ3n) is 3.91. The number of amides is 1. The van der Waals surface area contributed by atoms with E-state index >= 15 is 0 Å². The van der Waals surface area contributed by atoms with Crippen LogP contribution in [0.15, 0.2) is 32.5 Å². The van der Waals surface area contributed by atoms with Crippen molar-refractivity contribution >= 4 is 45.6 Å². The molecule has 0 aromatic carbocycles. The number of aromatic nitrogens is 2. The number of carbonyl (C=O) groups is 1. The van der Waals surface area contributed by atoms with E-state index in [0.29, 0.717) is 6.54 Å². The highest BCUT2D eigenvalue weighted by molar-refractivity contribution is 7.13. The zero-order chi connectivity index (χ0) is 20.4. The van der Waals surface area contributed by atoms with Crippen LogP contribution in [0.3, 0.4) is 0 Å². The van der Waals surface area contributed by atoms with Crippen LogP contribution in [0, 0.1) is 0 Å². The monoisotopic (exact) mass is 421 g/mol. The van der Waals surface area contributed by atoms with Crippen molar-refractivity contribution in [2.75, 3.05) is 24.7 Å².